The van der Waals surface area contributed by atoms with Gasteiger partial charge in [0.05, 0.1) is 0 Å². The van der Waals surface area contributed by atoms with Gasteiger partial charge in [-0.15, -0.1) is 0 Å². The van der Waals surface area contributed by atoms with E-state index >= 15 is 0 Å². The Bertz CT molecular complexity index is 131. The standard InChI is InChI=1S/C6H9NO/c1-5-3-4-7-8-6(5)2/h4H,3H2,1-2H3. The van der Waals surface area contributed by atoms with Crippen molar-refractivity contribution in [3.8, 4) is 0 Å². The van der Waals surface area contributed by atoms with Crippen LogP contribution in [-0.4, -0.2) is 6.21 Å². The summed E-state index contributed by atoms with van der Waals surface area (Å²) < 4.78 is 0. The lowest BCUT2D eigenvalue weighted by molar-refractivity contribution is 0.221. The molecule has 0 spiro atoms. The molecule has 8 heavy (non-hydrogen) atoms. The van der Waals surface area contributed by atoms with E-state index in [1.54, 1.807) is 6.21 Å². The third-order valence-corrected chi connectivity index (χ3v) is 1.26. The van der Waals surface area contributed by atoms with Gasteiger partial charge in [-0.05, 0) is 19.4 Å². The molecule has 0 fully saturated rings. The smallest absolute Gasteiger partial charge is 0.131 e. The van der Waals surface area contributed by atoms with Crippen molar-refractivity contribution < 1.29 is 4.84 Å². The van der Waals surface area contributed by atoms with Gasteiger partial charge in [-0.3, -0.25) is 0 Å². The summed E-state index contributed by atoms with van der Waals surface area (Å²) in [5.74, 6) is 0.938. The minimum atomic E-state index is 0.936. The molecule has 2 heteroatoms. The fraction of sp³-hybridized carbons (Fsp3) is 0.500. The second-order valence-electron chi connectivity index (χ2n) is 1.92. The quantitative estimate of drug-likeness (QED) is 0.466. The van der Waals surface area contributed by atoms with Crippen molar-refractivity contribution in [3.63, 3.8) is 0 Å². The Morgan fingerprint density at radius 2 is 2.38 bits per heavy atom. The van der Waals surface area contributed by atoms with E-state index in [9.17, 15) is 0 Å². The molecule has 1 aliphatic rings. The molecule has 0 atom stereocenters. The molecule has 0 N–H and O–H groups in total. The van der Waals surface area contributed by atoms with Crippen LogP contribution in [0.25, 0.3) is 0 Å². The molecule has 0 aromatic heterocycles. The highest BCUT2D eigenvalue weighted by atomic mass is 16.6. The van der Waals surface area contributed by atoms with Crippen LogP contribution in [-0.2, 0) is 4.84 Å². The summed E-state index contributed by atoms with van der Waals surface area (Å²) in [5, 5.41) is 3.63. The number of rotatable bonds is 0. The van der Waals surface area contributed by atoms with Crippen molar-refractivity contribution >= 4 is 6.21 Å². The lowest BCUT2D eigenvalue weighted by Crippen LogP contribution is -1.93. The predicted molar refractivity (Wildman–Crippen MR) is 32.6 cm³/mol. The van der Waals surface area contributed by atoms with Gasteiger partial charge in [0.25, 0.3) is 0 Å². The summed E-state index contributed by atoms with van der Waals surface area (Å²) in [6.07, 6.45) is 2.70. The summed E-state index contributed by atoms with van der Waals surface area (Å²) in [7, 11) is 0. The topological polar surface area (TPSA) is 21.6 Å². The van der Waals surface area contributed by atoms with Gasteiger partial charge in [0, 0.05) is 12.6 Å². The van der Waals surface area contributed by atoms with Crippen LogP contribution >= 0.6 is 0 Å². The summed E-state index contributed by atoms with van der Waals surface area (Å²) >= 11 is 0. The Kier molecular flexibility index (Phi) is 1.33. The van der Waals surface area contributed by atoms with Gasteiger partial charge in [0.2, 0.25) is 0 Å². The largest absolute Gasteiger partial charge is 0.362 e. The maximum Gasteiger partial charge on any atom is 0.131 e. The average Bonchev–Trinajstić information content (AvgIpc) is 1.77. The third kappa shape index (κ3) is 0.886. The number of hydrogen-bond acceptors (Lipinski definition) is 2. The first-order valence-electron chi connectivity index (χ1n) is 2.66. The Morgan fingerprint density at radius 3 is 2.75 bits per heavy atom. The van der Waals surface area contributed by atoms with E-state index in [1.165, 1.54) is 5.57 Å². The van der Waals surface area contributed by atoms with E-state index < -0.39 is 0 Å². The van der Waals surface area contributed by atoms with Gasteiger partial charge in [-0.2, -0.15) is 0 Å². The molecule has 1 heterocycles. The van der Waals surface area contributed by atoms with Crippen LogP contribution < -0.4 is 0 Å². The normalized spacial score (nSPS) is 18.8. The van der Waals surface area contributed by atoms with E-state index in [-0.39, 0.29) is 0 Å². The van der Waals surface area contributed by atoms with Gasteiger partial charge >= 0.3 is 0 Å². The van der Waals surface area contributed by atoms with Crippen LogP contribution in [0.5, 0.6) is 0 Å². The van der Waals surface area contributed by atoms with Crippen molar-refractivity contribution in [2.24, 2.45) is 5.16 Å². The van der Waals surface area contributed by atoms with Crippen LogP contribution in [0.2, 0.25) is 0 Å². The van der Waals surface area contributed by atoms with E-state index in [2.05, 4.69) is 5.16 Å². The van der Waals surface area contributed by atoms with E-state index in [1.807, 2.05) is 13.8 Å². The van der Waals surface area contributed by atoms with Crippen molar-refractivity contribution in [3.05, 3.63) is 11.3 Å². The zero-order valence-electron chi connectivity index (χ0n) is 5.14. The molecular weight excluding hydrogens is 102 g/mol. The van der Waals surface area contributed by atoms with Crippen LogP contribution in [0.1, 0.15) is 20.3 Å². The minimum absolute atomic E-state index is 0.936. The molecule has 0 radical (unpaired) electrons. The van der Waals surface area contributed by atoms with E-state index in [0.717, 1.165) is 12.2 Å². The average molecular weight is 111 g/mol. The third-order valence-electron chi connectivity index (χ3n) is 1.26. The second kappa shape index (κ2) is 1.99. The van der Waals surface area contributed by atoms with Crippen LogP contribution in [0.15, 0.2) is 16.5 Å². The van der Waals surface area contributed by atoms with Gasteiger partial charge in [0.1, 0.15) is 5.76 Å². The molecule has 1 rings (SSSR count). The van der Waals surface area contributed by atoms with Gasteiger partial charge in [-0.1, -0.05) is 5.16 Å². The number of nitrogens with zero attached hydrogens (tertiary/aromatic N) is 1. The molecule has 0 aromatic carbocycles. The first-order chi connectivity index (χ1) is 3.80. The highest BCUT2D eigenvalue weighted by Gasteiger charge is 1.99. The van der Waals surface area contributed by atoms with Crippen molar-refractivity contribution in [1.82, 2.24) is 0 Å². The molecule has 2 nitrogen and oxygen atoms in total. The molecular formula is C6H9NO. The van der Waals surface area contributed by atoms with Crippen molar-refractivity contribution in [2.45, 2.75) is 20.3 Å². The fourth-order valence-corrected chi connectivity index (χ4v) is 0.512. The Hall–Kier alpha value is -0.790. The summed E-state index contributed by atoms with van der Waals surface area (Å²) in [6, 6.07) is 0. The van der Waals surface area contributed by atoms with Crippen molar-refractivity contribution in [2.75, 3.05) is 0 Å². The van der Waals surface area contributed by atoms with Crippen molar-refractivity contribution in [1.29, 1.82) is 0 Å². The summed E-state index contributed by atoms with van der Waals surface area (Å²) in [5.41, 5.74) is 1.26. The molecule has 0 aromatic rings. The number of allylic oxidation sites excluding steroid dienone is 2. The number of hydrogen-bond donors (Lipinski definition) is 0. The molecule has 0 aliphatic carbocycles. The van der Waals surface area contributed by atoms with Gasteiger partial charge in [0.15, 0.2) is 0 Å². The molecule has 0 saturated carbocycles. The first-order valence-corrected chi connectivity index (χ1v) is 2.66. The van der Waals surface area contributed by atoms with Crippen LogP contribution in [0.4, 0.5) is 0 Å². The Balaban J connectivity index is 2.67. The van der Waals surface area contributed by atoms with Gasteiger partial charge < -0.3 is 4.84 Å². The lowest BCUT2D eigenvalue weighted by atomic mass is 10.2. The SMILES string of the molecule is CC1=C(C)ON=CC1. The van der Waals surface area contributed by atoms with Crippen LogP contribution in [0.3, 0.4) is 0 Å². The highest BCUT2D eigenvalue weighted by Crippen LogP contribution is 2.11. The van der Waals surface area contributed by atoms with Crippen LogP contribution in [0, 0.1) is 0 Å². The van der Waals surface area contributed by atoms with E-state index in [0.29, 0.717) is 0 Å². The lowest BCUT2D eigenvalue weighted by Gasteiger charge is -2.06. The van der Waals surface area contributed by atoms with E-state index in [4.69, 9.17) is 4.84 Å². The molecule has 1 aliphatic heterocycles. The predicted octanol–water partition coefficient (Wildman–Crippen LogP) is 1.69. The first kappa shape index (κ1) is 5.35. The molecule has 0 unspecified atom stereocenters. The Morgan fingerprint density at radius 1 is 1.62 bits per heavy atom. The van der Waals surface area contributed by atoms with Gasteiger partial charge in [-0.25, -0.2) is 0 Å². The fourth-order valence-electron chi connectivity index (χ4n) is 0.512. The maximum absolute atomic E-state index is 4.84. The molecule has 0 amide bonds. The monoisotopic (exact) mass is 111 g/mol. The zero-order chi connectivity index (χ0) is 5.98. The summed E-state index contributed by atoms with van der Waals surface area (Å²) in [6.45, 7) is 3.96. The Labute approximate surface area is 48.8 Å². The molecule has 0 bridgehead atoms. The highest BCUT2D eigenvalue weighted by molar-refractivity contribution is 5.61. The maximum atomic E-state index is 4.84. The zero-order valence-corrected chi connectivity index (χ0v) is 5.14. The minimum Gasteiger partial charge on any atom is -0.362 e. The molecule has 0 saturated heterocycles. The second-order valence-corrected chi connectivity index (χ2v) is 1.92. The summed E-state index contributed by atoms with van der Waals surface area (Å²) in [4.78, 5) is 4.84. The molecule has 44 valence electrons. The number of oxime groups is 1.